The molecule has 0 saturated heterocycles. The quantitative estimate of drug-likeness (QED) is 0.513. The highest BCUT2D eigenvalue weighted by molar-refractivity contribution is 6.29. The number of carbonyl (C=O) groups excluding carboxylic acids is 1. The maximum absolute atomic E-state index is 11.8. The summed E-state index contributed by atoms with van der Waals surface area (Å²) < 4.78 is 4.70. The predicted octanol–water partition coefficient (Wildman–Crippen LogP) is 2.05. The summed E-state index contributed by atoms with van der Waals surface area (Å²) in [5, 5.41) is 19.8. The van der Waals surface area contributed by atoms with Gasteiger partial charge in [0, 0.05) is 6.20 Å². The molecule has 20 heavy (non-hydrogen) atoms. The smallest absolute Gasteiger partial charge is 0.312 e. The molecule has 0 amide bonds. The molecule has 1 N–H and O–H groups in total. The molecular weight excluding hydrogens is 280 g/mol. The molecule has 2 rings (SSSR count). The Morgan fingerprint density at radius 3 is 2.95 bits per heavy atom. The van der Waals surface area contributed by atoms with Crippen molar-refractivity contribution in [2.75, 3.05) is 7.11 Å². The Morgan fingerprint density at radius 2 is 2.40 bits per heavy atom. The topological polar surface area (TPSA) is 83.2 Å². The van der Waals surface area contributed by atoms with Gasteiger partial charge in [0.25, 0.3) is 0 Å². The minimum atomic E-state index is -1.65. The number of aromatic nitrogens is 1. The molecule has 1 aliphatic rings. The van der Waals surface area contributed by atoms with Gasteiger partial charge in [-0.05, 0) is 36.8 Å². The molecular formula is C14H15ClN2O3. The van der Waals surface area contributed by atoms with Crippen LogP contribution in [0.15, 0.2) is 18.3 Å². The minimum absolute atomic E-state index is 0.0532. The van der Waals surface area contributed by atoms with Crippen molar-refractivity contribution in [3.8, 4) is 6.07 Å². The number of nitrogens with zero attached hydrogens (tertiary/aromatic N) is 2. The number of ether oxygens (including phenoxy) is 1. The van der Waals surface area contributed by atoms with Crippen LogP contribution in [0.2, 0.25) is 5.15 Å². The third-order valence-electron chi connectivity index (χ3n) is 3.87. The van der Waals surface area contributed by atoms with E-state index in [-0.39, 0.29) is 12.3 Å². The summed E-state index contributed by atoms with van der Waals surface area (Å²) in [6.45, 7) is 0. The number of hydrogen-bond donors (Lipinski definition) is 1. The van der Waals surface area contributed by atoms with E-state index in [2.05, 4.69) is 4.98 Å². The van der Waals surface area contributed by atoms with Gasteiger partial charge in [-0.1, -0.05) is 17.7 Å². The van der Waals surface area contributed by atoms with Crippen molar-refractivity contribution in [1.82, 2.24) is 4.98 Å². The van der Waals surface area contributed by atoms with E-state index in [4.69, 9.17) is 21.6 Å². The molecule has 3 unspecified atom stereocenters. The van der Waals surface area contributed by atoms with E-state index in [9.17, 15) is 9.90 Å². The predicted molar refractivity (Wildman–Crippen MR) is 71.9 cm³/mol. The summed E-state index contributed by atoms with van der Waals surface area (Å²) in [7, 11) is 1.26. The molecule has 0 radical (unpaired) electrons. The van der Waals surface area contributed by atoms with Crippen molar-refractivity contribution >= 4 is 17.6 Å². The number of carbonyl (C=O) groups is 1. The first-order valence-electron chi connectivity index (χ1n) is 6.33. The molecule has 6 heteroatoms. The van der Waals surface area contributed by atoms with Crippen LogP contribution in [-0.2, 0) is 9.53 Å². The molecule has 1 fully saturated rings. The zero-order chi connectivity index (χ0) is 14.8. The molecule has 1 aliphatic carbocycles. The van der Waals surface area contributed by atoms with Crippen LogP contribution >= 0.6 is 11.6 Å². The highest BCUT2D eigenvalue weighted by Crippen LogP contribution is 2.42. The molecule has 1 heterocycles. The molecule has 0 aliphatic heterocycles. The van der Waals surface area contributed by atoms with Crippen LogP contribution < -0.4 is 0 Å². The number of esters is 1. The van der Waals surface area contributed by atoms with Crippen LogP contribution in [0.3, 0.4) is 0 Å². The second-order valence-electron chi connectivity index (χ2n) is 5.00. The summed E-state index contributed by atoms with van der Waals surface area (Å²) >= 11 is 5.75. The zero-order valence-electron chi connectivity index (χ0n) is 11.0. The lowest BCUT2D eigenvalue weighted by Crippen LogP contribution is -2.45. The number of aliphatic hydroxyl groups is 1. The first kappa shape index (κ1) is 14.8. The number of rotatable bonds is 2. The summed E-state index contributed by atoms with van der Waals surface area (Å²) in [6, 6.07) is 5.39. The number of halogens is 1. The third kappa shape index (κ3) is 2.77. The van der Waals surface area contributed by atoms with E-state index in [0.717, 1.165) is 5.56 Å². The van der Waals surface area contributed by atoms with E-state index < -0.39 is 17.5 Å². The van der Waals surface area contributed by atoms with Gasteiger partial charge in [0.2, 0.25) is 0 Å². The summed E-state index contributed by atoms with van der Waals surface area (Å²) in [6.07, 6.45) is 2.87. The van der Waals surface area contributed by atoms with Crippen LogP contribution in [0, 0.1) is 17.2 Å². The number of methoxy groups -OCH3 is 1. The normalized spacial score (nSPS) is 29.5. The van der Waals surface area contributed by atoms with E-state index in [1.165, 1.54) is 7.11 Å². The Kier molecular flexibility index (Phi) is 4.26. The minimum Gasteiger partial charge on any atom is -0.469 e. The Morgan fingerprint density at radius 1 is 1.65 bits per heavy atom. The number of nitriles is 1. The molecule has 1 aromatic heterocycles. The SMILES string of the molecule is COC(=O)C1CC(c2ccc(Cl)nc2)CCC1(O)C#N. The van der Waals surface area contributed by atoms with Crippen LogP contribution in [0.5, 0.6) is 0 Å². The van der Waals surface area contributed by atoms with Gasteiger partial charge in [0.1, 0.15) is 5.15 Å². The van der Waals surface area contributed by atoms with Gasteiger partial charge in [-0.2, -0.15) is 5.26 Å². The standard InChI is InChI=1S/C14H15ClN2O3/c1-20-13(18)11-6-9(4-5-14(11,19)8-16)10-2-3-12(15)17-7-10/h2-3,7,9,11,19H,4-6H2,1H3. The van der Waals surface area contributed by atoms with Gasteiger partial charge in [0.15, 0.2) is 5.60 Å². The number of hydrogen-bond acceptors (Lipinski definition) is 5. The van der Waals surface area contributed by atoms with Gasteiger partial charge in [-0.3, -0.25) is 4.79 Å². The van der Waals surface area contributed by atoms with E-state index in [1.807, 2.05) is 12.1 Å². The van der Waals surface area contributed by atoms with Crippen molar-refractivity contribution in [1.29, 1.82) is 5.26 Å². The maximum Gasteiger partial charge on any atom is 0.312 e. The molecule has 0 bridgehead atoms. The van der Waals surface area contributed by atoms with Gasteiger partial charge in [0.05, 0.1) is 19.1 Å². The summed E-state index contributed by atoms with van der Waals surface area (Å²) in [5.74, 6) is -1.34. The molecule has 106 valence electrons. The highest BCUT2D eigenvalue weighted by Gasteiger charge is 2.47. The molecule has 0 spiro atoms. The van der Waals surface area contributed by atoms with Gasteiger partial charge in [-0.15, -0.1) is 0 Å². The fourth-order valence-corrected chi connectivity index (χ4v) is 2.78. The van der Waals surface area contributed by atoms with Crippen molar-refractivity contribution in [3.05, 3.63) is 29.0 Å². The van der Waals surface area contributed by atoms with Crippen LogP contribution in [0.1, 0.15) is 30.7 Å². The molecule has 0 aromatic carbocycles. The molecule has 1 aromatic rings. The lowest BCUT2D eigenvalue weighted by atomic mass is 9.70. The summed E-state index contributed by atoms with van der Waals surface area (Å²) in [4.78, 5) is 15.8. The molecule has 5 nitrogen and oxygen atoms in total. The van der Waals surface area contributed by atoms with Crippen molar-refractivity contribution in [2.24, 2.45) is 5.92 Å². The first-order chi connectivity index (χ1) is 9.50. The van der Waals surface area contributed by atoms with Crippen molar-refractivity contribution in [2.45, 2.75) is 30.8 Å². The Labute approximate surface area is 122 Å². The van der Waals surface area contributed by atoms with Crippen LogP contribution in [0.25, 0.3) is 0 Å². The van der Waals surface area contributed by atoms with Crippen molar-refractivity contribution in [3.63, 3.8) is 0 Å². The van der Waals surface area contributed by atoms with Crippen LogP contribution in [-0.4, -0.2) is 28.8 Å². The average Bonchev–Trinajstić information content (AvgIpc) is 2.48. The Bertz CT molecular complexity index is 540. The third-order valence-corrected chi connectivity index (χ3v) is 4.10. The number of pyridine rings is 1. The highest BCUT2D eigenvalue weighted by atomic mass is 35.5. The first-order valence-corrected chi connectivity index (χ1v) is 6.71. The van der Waals surface area contributed by atoms with Gasteiger partial charge >= 0.3 is 5.97 Å². The monoisotopic (exact) mass is 294 g/mol. The van der Waals surface area contributed by atoms with Crippen molar-refractivity contribution < 1.29 is 14.6 Å². The summed E-state index contributed by atoms with van der Waals surface area (Å²) in [5.41, 5.74) is -0.702. The fraction of sp³-hybridized carbons (Fsp3) is 0.500. The maximum atomic E-state index is 11.8. The lowest BCUT2D eigenvalue weighted by molar-refractivity contribution is -0.155. The molecule has 3 atom stereocenters. The van der Waals surface area contributed by atoms with Crippen LogP contribution in [0.4, 0.5) is 0 Å². The van der Waals surface area contributed by atoms with E-state index in [0.29, 0.717) is 18.0 Å². The second kappa shape index (κ2) is 5.78. The Hall–Kier alpha value is -1.64. The largest absolute Gasteiger partial charge is 0.469 e. The van der Waals surface area contributed by atoms with Gasteiger partial charge < -0.3 is 9.84 Å². The fourth-order valence-electron chi connectivity index (χ4n) is 2.66. The second-order valence-corrected chi connectivity index (χ2v) is 5.38. The van der Waals surface area contributed by atoms with E-state index >= 15 is 0 Å². The average molecular weight is 295 g/mol. The lowest BCUT2D eigenvalue weighted by Gasteiger charge is -2.36. The zero-order valence-corrected chi connectivity index (χ0v) is 11.8. The van der Waals surface area contributed by atoms with Gasteiger partial charge in [-0.25, -0.2) is 4.98 Å². The van der Waals surface area contributed by atoms with E-state index in [1.54, 1.807) is 12.3 Å². The molecule has 1 saturated carbocycles. The Balaban J connectivity index is 2.23.